The van der Waals surface area contributed by atoms with Gasteiger partial charge in [-0.2, -0.15) is 8.61 Å². The lowest BCUT2D eigenvalue weighted by Gasteiger charge is -2.23. The average Bonchev–Trinajstić information content (AvgIpc) is 3.09. The molecule has 0 aliphatic carbocycles. The summed E-state index contributed by atoms with van der Waals surface area (Å²) in [5.41, 5.74) is 0. The second kappa shape index (κ2) is 7.81. The summed E-state index contributed by atoms with van der Waals surface area (Å²) in [4.78, 5) is 10.3. The summed E-state index contributed by atoms with van der Waals surface area (Å²) in [7, 11) is -8.20. The standard InChI is InChI=1S/C15H22N2O6S2/c1-2-9-17(12-15(18)19)25(22,23)14-8-4-3-7-13(14)24(20,21)16-10-5-6-11-16/h3-4,7-8H,2,5-6,9-12H2,1H3,(H,18,19). The Kier molecular flexibility index (Phi) is 6.20. The van der Waals surface area contributed by atoms with Crippen LogP contribution in [0.1, 0.15) is 26.2 Å². The predicted octanol–water partition coefficient (Wildman–Crippen LogP) is 0.956. The summed E-state index contributed by atoms with van der Waals surface area (Å²) in [5, 5.41) is 8.99. The van der Waals surface area contributed by atoms with E-state index in [9.17, 15) is 21.6 Å². The lowest BCUT2D eigenvalue weighted by molar-refractivity contribution is -0.137. The minimum absolute atomic E-state index is 0.00721. The molecule has 2 rings (SSSR count). The number of benzene rings is 1. The van der Waals surface area contributed by atoms with E-state index in [1.54, 1.807) is 6.92 Å². The van der Waals surface area contributed by atoms with Crippen molar-refractivity contribution in [3.05, 3.63) is 24.3 Å². The van der Waals surface area contributed by atoms with Crippen LogP contribution in [-0.2, 0) is 24.8 Å². The first-order valence-corrected chi connectivity index (χ1v) is 10.9. The van der Waals surface area contributed by atoms with Gasteiger partial charge in [0.2, 0.25) is 20.0 Å². The number of hydrogen-bond donors (Lipinski definition) is 1. The largest absolute Gasteiger partial charge is 0.480 e. The minimum atomic E-state index is -4.25. The number of aliphatic carboxylic acids is 1. The first-order valence-electron chi connectivity index (χ1n) is 8.02. The molecule has 1 aromatic rings. The van der Waals surface area contributed by atoms with Gasteiger partial charge in [0.05, 0.1) is 0 Å². The normalized spacial score (nSPS) is 16.4. The molecule has 0 bridgehead atoms. The number of carboxylic acid groups (broad SMARTS) is 1. The van der Waals surface area contributed by atoms with Crippen LogP contribution in [0.5, 0.6) is 0 Å². The highest BCUT2D eigenvalue weighted by atomic mass is 32.2. The predicted molar refractivity (Wildman–Crippen MR) is 91.1 cm³/mol. The smallest absolute Gasteiger partial charge is 0.318 e. The summed E-state index contributed by atoms with van der Waals surface area (Å²) < 4.78 is 53.6. The van der Waals surface area contributed by atoms with Crippen LogP contribution in [0.25, 0.3) is 0 Å². The zero-order valence-electron chi connectivity index (χ0n) is 14.0. The number of hydrogen-bond acceptors (Lipinski definition) is 5. The molecule has 1 aliphatic heterocycles. The first kappa shape index (κ1) is 19.8. The number of carbonyl (C=O) groups is 1. The number of sulfonamides is 2. The second-order valence-electron chi connectivity index (χ2n) is 5.79. The van der Waals surface area contributed by atoms with Gasteiger partial charge in [-0.25, -0.2) is 16.8 Å². The monoisotopic (exact) mass is 390 g/mol. The molecule has 0 atom stereocenters. The molecule has 1 N–H and O–H groups in total. The summed E-state index contributed by atoms with van der Waals surface area (Å²) in [6.45, 7) is 1.70. The van der Waals surface area contributed by atoms with Crippen molar-refractivity contribution in [3.8, 4) is 0 Å². The molecule has 1 heterocycles. The fourth-order valence-electron chi connectivity index (χ4n) is 2.77. The van der Waals surface area contributed by atoms with Crippen molar-refractivity contribution in [2.24, 2.45) is 0 Å². The quantitative estimate of drug-likeness (QED) is 0.707. The Balaban J connectivity index is 2.53. The van der Waals surface area contributed by atoms with Gasteiger partial charge in [0.1, 0.15) is 16.3 Å². The van der Waals surface area contributed by atoms with Gasteiger partial charge in [-0.1, -0.05) is 19.1 Å². The van der Waals surface area contributed by atoms with E-state index in [2.05, 4.69) is 0 Å². The Bertz CT molecular complexity index is 829. The van der Waals surface area contributed by atoms with Crippen molar-refractivity contribution in [2.75, 3.05) is 26.2 Å². The molecule has 1 aliphatic rings. The second-order valence-corrected chi connectivity index (χ2v) is 9.60. The summed E-state index contributed by atoms with van der Waals surface area (Å²) in [5.74, 6) is -1.29. The fourth-order valence-corrected chi connectivity index (χ4v) is 6.54. The first-order chi connectivity index (χ1) is 11.7. The maximum absolute atomic E-state index is 12.9. The highest BCUT2D eigenvalue weighted by molar-refractivity contribution is 7.92. The van der Waals surface area contributed by atoms with Crippen molar-refractivity contribution >= 4 is 26.0 Å². The maximum atomic E-state index is 12.9. The van der Waals surface area contributed by atoms with E-state index in [4.69, 9.17) is 5.11 Å². The van der Waals surface area contributed by atoms with E-state index >= 15 is 0 Å². The van der Waals surface area contributed by atoms with E-state index in [0.717, 1.165) is 17.1 Å². The van der Waals surface area contributed by atoms with Crippen LogP contribution in [0, 0.1) is 0 Å². The van der Waals surface area contributed by atoms with Gasteiger partial charge in [-0.15, -0.1) is 0 Å². The zero-order chi connectivity index (χ0) is 18.7. The molecule has 10 heteroatoms. The van der Waals surface area contributed by atoms with Gasteiger partial charge in [-0.3, -0.25) is 4.79 Å². The van der Waals surface area contributed by atoms with Crippen molar-refractivity contribution < 1.29 is 26.7 Å². The van der Waals surface area contributed by atoms with E-state index in [1.165, 1.54) is 28.6 Å². The van der Waals surface area contributed by atoms with Gasteiger partial charge in [-0.05, 0) is 31.4 Å². The zero-order valence-corrected chi connectivity index (χ0v) is 15.6. The van der Waals surface area contributed by atoms with Gasteiger partial charge in [0.25, 0.3) is 0 Å². The van der Waals surface area contributed by atoms with Crippen molar-refractivity contribution in [3.63, 3.8) is 0 Å². The molecule has 140 valence electrons. The molecule has 0 unspecified atom stereocenters. The molecule has 8 nitrogen and oxygen atoms in total. The molecular formula is C15H22N2O6S2. The molecule has 0 amide bonds. The Morgan fingerprint density at radius 2 is 1.68 bits per heavy atom. The minimum Gasteiger partial charge on any atom is -0.480 e. The Hall–Kier alpha value is -1.49. The third kappa shape index (κ3) is 4.20. The number of rotatable bonds is 8. The molecule has 0 spiro atoms. The van der Waals surface area contributed by atoms with E-state index in [1.807, 2.05) is 0 Å². The van der Waals surface area contributed by atoms with Crippen molar-refractivity contribution in [1.82, 2.24) is 8.61 Å². The van der Waals surface area contributed by atoms with Crippen LogP contribution in [0.15, 0.2) is 34.1 Å². The molecule has 25 heavy (non-hydrogen) atoms. The Morgan fingerprint density at radius 1 is 1.12 bits per heavy atom. The SMILES string of the molecule is CCCN(CC(=O)O)S(=O)(=O)c1ccccc1S(=O)(=O)N1CCCC1. The van der Waals surface area contributed by atoms with Crippen LogP contribution in [0.2, 0.25) is 0 Å². The highest BCUT2D eigenvalue weighted by Crippen LogP contribution is 2.28. The van der Waals surface area contributed by atoms with E-state index in [0.29, 0.717) is 19.5 Å². The average molecular weight is 390 g/mol. The maximum Gasteiger partial charge on any atom is 0.318 e. The lowest BCUT2D eigenvalue weighted by Crippen LogP contribution is -2.37. The molecular weight excluding hydrogens is 368 g/mol. The Labute approximate surface area is 148 Å². The molecule has 1 fully saturated rings. The van der Waals surface area contributed by atoms with Gasteiger partial charge in [0.15, 0.2) is 0 Å². The van der Waals surface area contributed by atoms with Gasteiger partial charge < -0.3 is 5.11 Å². The van der Waals surface area contributed by atoms with Crippen molar-refractivity contribution in [2.45, 2.75) is 36.0 Å². The van der Waals surface area contributed by atoms with Crippen molar-refractivity contribution in [1.29, 1.82) is 0 Å². The molecule has 1 saturated heterocycles. The van der Waals surface area contributed by atoms with Gasteiger partial charge in [0, 0.05) is 19.6 Å². The van der Waals surface area contributed by atoms with Crippen LogP contribution >= 0.6 is 0 Å². The molecule has 0 radical (unpaired) electrons. The van der Waals surface area contributed by atoms with Crippen LogP contribution < -0.4 is 0 Å². The summed E-state index contributed by atoms with van der Waals surface area (Å²) in [6.07, 6.45) is 1.87. The van der Waals surface area contributed by atoms with Crippen LogP contribution in [0.3, 0.4) is 0 Å². The Morgan fingerprint density at radius 3 is 2.20 bits per heavy atom. The van der Waals surface area contributed by atoms with E-state index < -0.39 is 32.6 Å². The number of nitrogens with zero attached hydrogens (tertiary/aromatic N) is 2. The molecule has 0 aromatic heterocycles. The summed E-state index contributed by atoms with van der Waals surface area (Å²) in [6, 6.07) is 5.36. The third-order valence-corrected chi connectivity index (χ3v) is 7.92. The summed E-state index contributed by atoms with van der Waals surface area (Å²) >= 11 is 0. The van der Waals surface area contributed by atoms with Gasteiger partial charge >= 0.3 is 5.97 Å². The fraction of sp³-hybridized carbons (Fsp3) is 0.533. The van der Waals surface area contributed by atoms with Crippen LogP contribution in [0.4, 0.5) is 0 Å². The molecule has 1 aromatic carbocycles. The number of carboxylic acids is 1. The highest BCUT2D eigenvalue weighted by Gasteiger charge is 2.35. The topological polar surface area (TPSA) is 112 Å². The molecule has 0 saturated carbocycles. The third-order valence-electron chi connectivity index (χ3n) is 3.93. The van der Waals surface area contributed by atoms with Crippen LogP contribution in [-0.4, -0.2) is 62.7 Å². The lowest BCUT2D eigenvalue weighted by atomic mass is 10.4. The van der Waals surface area contributed by atoms with E-state index in [-0.39, 0.29) is 16.3 Å².